The van der Waals surface area contributed by atoms with Crippen molar-refractivity contribution in [2.45, 2.75) is 64.6 Å². The predicted molar refractivity (Wildman–Crippen MR) is 82.6 cm³/mol. The Kier molecular flexibility index (Phi) is 6.66. The molecule has 6 heteroatoms. The third kappa shape index (κ3) is 6.64. The van der Waals surface area contributed by atoms with E-state index < -0.39 is 5.60 Å². The van der Waals surface area contributed by atoms with Crippen LogP contribution in [-0.2, 0) is 19.0 Å². The lowest BCUT2D eigenvalue weighted by molar-refractivity contribution is -0.141. The van der Waals surface area contributed by atoms with Gasteiger partial charge in [0, 0.05) is 26.1 Å². The quantitative estimate of drug-likeness (QED) is 0.576. The summed E-state index contributed by atoms with van der Waals surface area (Å²) in [5.74, 6) is -0.214. The molecule has 1 fully saturated rings. The van der Waals surface area contributed by atoms with E-state index in [-0.39, 0.29) is 17.7 Å². The first-order valence-corrected chi connectivity index (χ1v) is 7.84. The van der Waals surface area contributed by atoms with Crippen LogP contribution in [0, 0.1) is 0 Å². The highest BCUT2D eigenvalue weighted by Crippen LogP contribution is 2.27. The number of piperidine rings is 1. The van der Waals surface area contributed by atoms with Gasteiger partial charge in [0.05, 0.1) is 12.7 Å². The van der Waals surface area contributed by atoms with Crippen LogP contribution in [0.3, 0.4) is 0 Å². The van der Waals surface area contributed by atoms with E-state index in [0.717, 1.165) is 12.8 Å². The average Bonchev–Trinajstić information content (AvgIpc) is 2.42. The minimum Gasteiger partial charge on any atom is -0.469 e. The number of amides is 1. The highest BCUT2D eigenvalue weighted by atomic mass is 16.6. The average molecular weight is 315 g/mol. The van der Waals surface area contributed by atoms with E-state index >= 15 is 0 Å². The first-order valence-electron chi connectivity index (χ1n) is 7.84. The summed E-state index contributed by atoms with van der Waals surface area (Å²) >= 11 is 0. The summed E-state index contributed by atoms with van der Waals surface area (Å²) in [5, 5.41) is 0. The van der Waals surface area contributed by atoms with E-state index in [4.69, 9.17) is 9.47 Å². The maximum Gasteiger partial charge on any atom is 0.410 e. The molecular weight excluding hydrogens is 286 g/mol. The topological polar surface area (TPSA) is 65.1 Å². The highest BCUT2D eigenvalue weighted by molar-refractivity contribution is 5.69. The summed E-state index contributed by atoms with van der Waals surface area (Å²) in [5.41, 5.74) is -0.711. The molecule has 128 valence electrons. The standard InChI is InChI=1S/C16H29NO5/c1-15(2,3)22-14(19)17-10-8-16(4,9-11-17)21-12-6-7-13(18)20-5/h6-12H2,1-5H3. The molecule has 0 N–H and O–H groups in total. The van der Waals surface area contributed by atoms with Gasteiger partial charge >= 0.3 is 12.1 Å². The molecule has 0 radical (unpaired) electrons. The molecule has 1 aliphatic rings. The summed E-state index contributed by atoms with van der Waals surface area (Å²) < 4.78 is 15.9. The zero-order valence-electron chi connectivity index (χ0n) is 14.4. The largest absolute Gasteiger partial charge is 0.469 e. The molecule has 0 atom stereocenters. The molecule has 0 aromatic carbocycles. The first-order chi connectivity index (χ1) is 10.2. The normalized spacial score (nSPS) is 18.0. The minimum atomic E-state index is -0.470. The third-order valence-corrected chi connectivity index (χ3v) is 3.68. The van der Waals surface area contributed by atoms with E-state index in [2.05, 4.69) is 11.7 Å². The molecule has 22 heavy (non-hydrogen) atoms. The first kappa shape index (κ1) is 18.7. The zero-order valence-corrected chi connectivity index (χ0v) is 14.4. The molecule has 0 aromatic rings. The second-order valence-electron chi connectivity index (χ2n) is 6.95. The van der Waals surface area contributed by atoms with Gasteiger partial charge in [-0.1, -0.05) is 0 Å². The summed E-state index contributed by atoms with van der Waals surface area (Å²) in [6.07, 6.45) is 2.30. The van der Waals surface area contributed by atoms with E-state index in [0.29, 0.717) is 32.5 Å². The van der Waals surface area contributed by atoms with Crippen LogP contribution in [0.1, 0.15) is 53.4 Å². The van der Waals surface area contributed by atoms with Crippen LogP contribution in [0.4, 0.5) is 4.79 Å². The number of methoxy groups -OCH3 is 1. The number of hydrogen-bond acceptors (Lipinski definition) is 5. The van der Waals surface area contributed by atoms with Crippen molar-refractivity contribution in [3.05, 3.63) is 0 Å². The Labute approximate surface area is 133 Å². The number of esters is 1. The Morgan fingerprint density at radius 3 is 2.27 bits per heavy atom. The van der Waals surface area contributed by atoms with Gasteiger partial charge in [-0.15, -0.1) is 0 Å². The number of carbonyl (C=O) groups is 2. The van der Waals surface area contributed by atoms with Gasteiger partial charge in [0.2, 0.25) is 0 Å². The van der Waals surface area contributed by atoms with Crippen molar-refractivity contribution in [2.24, 2.45) is 0 Å². The lowest BCUT2D eigenvalue weighted by Crippen LogP contribution is -2.48. The highest BCUT2D eigenvalue weighted by Gasteiger charge is 2.34. The van der Waals surface area contributed by atoms with Gasteiger partial charge in [-0.25, -0.2) is 4.79 Å². The molecule has 6 nitrogen and oxygen atoms in total. The molecule has 1 saturated heterocycles. The molecule has 1 aliphatic heterocycles. The fourth-order valence-corrected chi connectivity index (χ4v) is 2.27. The van der Waals surface area contributed by atoms with E-state index in [9.17, 15) is 9.59 Å². The summed E-state index contributed by atoms with van der Waals surface area (Å²) in [6.45, 7) is 9.43. The zero-order chi connectivity index (χ0) is 16.8. The van der Waals surface area contributed by atoms with Crippen LogP contribution < -0.4 is 0 Å². The predicted octanol–water partition coefficient (Wildman–Crippen LogP) is 2.75. The third-order valence-electron chi connectivity index (χ3n) is 3.68. The Morgan fingerprint density at radius 2 is 1.77 bits per heavy atom. The number of hydrogen-bond donors (Lipinski definition) is 0. The van der Waals surface area contributed by atoms with E-state index in [1.54, 1.807) is 4.90 Å². The van der Waals surface area contributed by atoms with Crippen molar-refractivity contribution in [3.63, 3.8) is 0 Å². The maximum atomic E-state index is 12.0. The van der Waals surface area contributed by atoms with Crippen molar-refractivity contribution in [1.82, 2.24) is 4.90 Å². The fraction of sp³-hybridized carbons (Fsp3) is 0.875. The van der Waals surface area contributed by atoms with E-state index in [1.807, 2.05) is 20.8 Å². The van der Waals surface area contributed by atoms with Crippen molar-refractivity contribution in [1.29, 1.82) is 0 Å². The summed E-state index contributed by atoms with van der Waals surface area (Å²) in [6, 6.07) is 0. The van der Waals surface area contributed by atoms with Crippen LogP contribution >= 0.6 is 0 Å². The second kappa shape index (κ2) is 7.81. The molecule has 0 aromatic heterocycles. The molecular formula is C16H29NO5. The van der Waals surface area contributed by atoms with Gasteiger partial charge in [-0.3, -0.25) is 4.79 Å². The molecule has 1 rings (SSSR count). The Balaban J connectivity index is 2.31. The molecule has 0 unspecified atom stereocenters. The van der Waals surface area contributed by atoms with Gasteiger partial charge in [-0.2, -0.15) is 0 Å². The maximum absolute atomic E-state index is 12.0. The number of likely N-dealkylation sites (tertiary alicyclic amines) is 1. The smallest absolute Gasteiger partial charge is 0.410 e. The van der Waals surface area contributed by atoms with Gasteiger partial charge in [0.15, 0.2) is 0 Å². The molecule has 0 aliphatic carbocycles. The van der Waals surface area contributed by atoms with Gasteiger partial charge < -0.3 is 19.1 Å². The van der Waals surface area contributed by atoms with Crippen LogP contribution in [0.15, 0.2) is 0 Å². The Morgan fingerprint density at radius 1 is 1.18 bits per heavy atom. The van der Waals surface area contributed by atoms with E-state index in [1.165, 1.54) is 7.11 Å². The Bertz CT molecular complexity index is 380. The lowest BCUT2D eigenvalue weighted by atomic mass is 9.93. The van der Waals surface area contributed by atoms with Gasteiger partial charge in [0.1, 0.15) is 5.60 Å². The molecule has 1 heterocycles. The van der Waals surface area contributed by atoms with Crippen molar-refractivity contribution >= 4 is 12.1 Å². The van der Waals surface area contributed by atoms with Crippen molar-refractivity contribution in [3.8, 4) is 0 Å². The molecule has 0 bridgehead atoms. The van der Waals surface area contributed by atoms with Crippen LogP contribution in [0.2, 0.25) is 0 Å². The van der Waals surface area contributed by atoms with Crippen LogP contribution in [0.5, 0.6) is 0 Å². The van der Waals surface area contributed by atoms with Crippen molar-refractivity contribution in [2.75, 3.05) is 26.8 Å². The number of carbonyl (C=O) groups excluding carboxylic acids is 2. The summed E-state index contributed by atoms with van der Waals surface area (Å²) in [7, 11) is 1.39. The minimum absolute atomic E-state index is 0.214. The lowest BCUT2D eigenvalue weighted by Gasteiger charge is -2.39. The van der Waals surface area contributed by atoms with Crippen LogP contribution in [0.25, 0.3) is 0 Å². The molecule has 1 amide bonds. The second-order valence-corrected chi connectivity index (χ2v) is 6.95. The van der Waals surface area contributed by atoms with Crippen LogP contribution in [-0.4, -0.2) is 55.0 Å². The fourth-order valence-electron chi connectivity index (χ4n) is 2.27. The number of ether oxygens (including phenoxy) is 3. The molecule has 0 saturated carbocycles. The monoisotopic (exact) mass is 315 g/mol. The van der Waals surface area contributed by atoms with Crippen molar-refractivity contribution < 1.29 is 23.8 Å². The number of rotatable bonds is 5. The SMILES string of the molecule is COC(=O)CCCOC1(C)CCN(C(=O)OC(C)(C)C)CC1. The molecule has 0 spiro atoms. The Hall–Kier alpha value is -1.30. The summed E-state index contributed by atoms with van der Waals surface area (Å²) in [4.78, 5) is 24.8. The van der Waals surface area contributed by atoms with Gasteiger partial charge in [0.25, 0.3) is 0 Å². The van der Waals surface area contributed by atoms with Gasteiger partial charge in [-0.05, 0) is 47.0 Å². The number of nitrogens with zero attached hydrogens (tertiary/aromatic N) is 1.